The van der Waals surface area contributed by atoms with Gasteiger partial charge in [0, 0.05) is 44.6 Å². The van der Waals surface area contributed by atoms with Gasteiger partial charge in [0.1, 0.15) is 16.8 Å². The van der Waals surface area contributed by atoms with E-state index in [0.29, 0.717) is 11.0 Å². The van der Waals surface area contributed by atoms with Gasteiger partial charge in [-0.05, 0) is 13.0 Å². The molecule has 20 heavy (non-hydrogen) atoms. The molecule has 0 atom stereocenters. The first-order valence-corrected chi connectivity index (χ1v) is 6.88. The van der Waals surface area contributed by atoms with E-state index >= 15 is 0 Å². The molecule has 3 rings (SSSR count). The van der Waals surface area contributed by atoms with Crippen molar-refractivity contribution in [3.8, 4) is 0 Å². The maximum absolute atomic E-state index is 5.99. The number of aromatic nitrogens is 4. The number of anilines is 2. The van der Waals surface area contributed by atoms with Crippen molar-refractivity contribution in [3.05, 3.63) is 35.5 Å². The molecule has 104 valence electrons. The second-order valence-electron chi connectivity index (χ2n) is 4.62. The molecule has 2 aromatic rings. The molecule has 0 aliphatic carbocycles. The predicted octanol–water partition coefficient (Wildman–Crippen LogP) is 1.56. The molecule has 0 N–H and O–H groups in total. The lowest BCUT2D eigenvalue weighted by Crippen LogP contribution is -2.47. The number of aryl methyl sites for hydroxylation is 1. The number of hydrogen-bond acceptors (Lipinski definition) is 6. The van der Waals surface area contributed by atoms with Gasteiger partial charge in [-0.1, -0.05) is 11.6 Å². The van der Waals surface area contributed by atoms with Crippen LogP contribution in [0.5, 0.6) is 0 Å². The fourth-order valence-electron chi connectivity index (χ4n) is 2.27. The average molecular weight is 291 g/mol. The van der Waals surface area contributed by atoms with E-state index < -0.39 is 0 Å². The van der Waals surface area contributed by atoms with Crippen molar-refractivity contribution in [2.45, 2.75) is 6.92 Å². The van der Waals surface area contributed by atoms with Crippen LogP contribution >= 0.6 is 11.6 Å². The lowest BCUT2D eigenvalue weighted by atomic mass is 10.3. The van der Waals surface area contributed by atoms with Crippen molar-refractivity contribution in [2.75, 3.05) is 36.0 Å². The van der Waals surface area contributed by atoms with Crippen LogP contribution in [0.15, 0.2) is 24.5 Å². The first-order chi connectivity index (χ1) is 9.72. The van der Waals surface area contributed by atoms with E-state index in [1.807, 2.05) is 19.1 Å². The van der Waals surface area contributed by atoms with Crippen LogP contribution in [0.1, 0.15) is 5.82 Å². The second kappa shape index (κ2) is 5.58. The van der Waals surface area contributed by atoms with Gasteiger partial charge in [-0.25, -0.2) is 19.9 Å². The van der Waals surface area contributed by atoms with Crippen molar-refractivity contribution in [3.63, 3.8) is 0 Å². The van der Waals surface area contributed by atoms with Crippen LogP contribution in [0.4, 0.5) is 11.8 Å². The van der Waals surface area contributed by atoms with Gasteiger partial charge in [0.2, 0.25) is 5.95 Å². The number of piperazine rings is 1. The largest absolute Gasteiger partial charge is 0.353 e. The zero-order chi connectivity index (χ0) is 13.9. The molecule has 1 aliphatic rings. The summed E-state index contributed by atoms with van der Waals surface area (Å²) in [5.41, 5.74) is 0. The van der Waals surface area contributed by atoms with Gasteiger partial charge in [0.15, 0.2) is 0 Å². The van der Waals surface area contributed by atoms with E-state index in [1.165, 1.54) is 0 Å². The Morgan fingerprint density at radius 2 is 1.65 bits per heavy atom. The highest BCUT2D eigenvalue weighted by Crippen LogP contribution is 2.18. The van der Waals surface area contributed by atoms with Crippen molar-refractivity contribution >= 4 is 23.4 Å². The Hall–Kier alpha value is -1.95. The van der Waals surface area contributed by atoms with Crippen LogP contribution in [0.25, 0.3) is 0 Å². The van der Waals surface area contributed by atoms with Gasteiger partial charge in [-0.3, -0.25) is 0 Å². The Labute approximate surface area is 122 Å². The third kappa shape index (κ3) is 2.80. The molecule has 1 fully saturated rings. The second-order valence-corrected chi connectivity index (χ2v) is 5.01. The Morgan fingerprint density at radius 3 is 2.30 bits per heavy atom. The molecule has 3 heterocycles. The third-order valence-corrected chi connectivity index (χ3v) is 3.43. The summed E-state index contributed by atoms with van der Waals surface area (Å²) in [6.07, 6.45) is 3.53. The molecule has 0 bridgehead atoms. The molecule has 0 amide bonds. The molecule has 6 nitrogen and oxygen atoms in total. The minimum absolute atomic E-state index is 0.487. The van der Waals surface area contributed by atoms with Crippen LogP contribution in [0.2, 0.25) is 5.15 Å². The molecule has 7 heteroatoms. The van der Waals surface area contributed by atoms with E-state index in [2.05, 4.69) is 29.7 Å². The van der Waals surface area contributed by atoms with Gasteiger partial charge >= 0.3 is 0 Å². The van der Waals surface area contributed by atoms with Crippen molar-refractivity contribution in [2.24, 2.45) is 0 Å². The Bertz CT molecular complexity index is 562. The van der Waals surface area contributed by atoms with Crippen molar-refractivity contribution < 1.29 is 0 Å². The smallest absolute Gasteiger partial charge is 0.225 e. The van der Waals surface area contributed by atoms with E-state index in [9.17, 15) is 0 Å². The van der Waals surface area contributed by atoms with Crippen LogP contribution < -0.4 is 9.80 Å². The molecule has 0 unspecified atom stereocenters. The average Bonchev–Trinajstić information content (AvgIpc) is 2.47. The predicted molar refractivity (Wildman–Crippen MR) is 78.2 cm³/mol. The number of hydrogen-bond donors (Lipinski definition) is 0. The lowest BCUT2D eigenvalue weighted by Gasteiger charge is -2.35. The summed E-state index contributed by atoms with van der Waals surface area (Å²) in [5, 5.41) is 0.487. The van der Waals surface area contributed by atoms with Crippen LogP contribution in [-0.4, -0.2) is 46.1 Å². The van der Waals surface area contributed by atoms with E-state index in [0.717, 1.165) is 37.9 Å². The molecule has 0 spiro atoms. The highest BCUT2D eigenvalue weighted by molar-refractivity contribution is 6.29. The summed E-state index contributed by atoms with van der Waals surface area (Å²) in [6, 6.07) is 3.63. The van der Waals surface area contributed by atoms with Gasteiger partial charge in [0.05, 0.1) is 0 Å². The van der Waals surface area contributed by atoms with E-state index in [4.69, 9.17) is 11.6 Å². The Morgan fingerprint density at radius 1 is 1.00 bits per heavy atom. The quantitative estimate of drug-likeness (QED) is 0.782. The molecule has 2 aromatic heterocycles. The monoisotopic (exact) mass is 290 g/mol. The standard InChI is InChI=1S/C13H15ClN6/c1-10-17-11(14)9-12(18-10)19-5-7-20(8-6-19)13-15-3-2-4-16-13/h2-4,9H,5-8H2,1H3. The maximum atomic E-state index is 5.99. The Balaban J connectivity index is 1.69. The molecule has 0 radical (unpaired) electrons. The lowest BCUT2D eigenvalue weighted by molar-refractivity contribution is 0.633. The molecular formula is C13H15ClN6. The van der Waals surface area contributed by atoms with Gasteiger partial charge < -0.3 is 9.80 Å². The summed E-state index contributed by atoms with van der Waals surface area (Å²) in [7, 11) is 0. The van der Waals surface area contributed by atoms with E-state index in [1.54, 1.807) is 12.4 Å². The topological polar surface area (TPSA) is 58.0 Å². The minimum Gasteiger partial charge on any atom is -0.353 e. The highest BCUT2D eigenvalue weighted by Gasteiger charge is 2.20. The summed E-state index contributed by atoms with van der Waals surface area (Å²) in [6.45, 7) is 5.31. The third-order valence-electron chi connectivity index (χ3n) is 3.23. The summed E-state index contributed by atoms with van der Waals surface area (Å²) >= 11 is 5.99. The minimum atomic E-state index is 0.487. The molecule has 1 aliphatic heterocycles. The van der Waals surface area contributed by atoms with Gasteiger partial charge in [-0.2, -0.15) is 0 Å². The van der Waals surface area contributed by atoms with E-state index in [-0.39, 0.29) is 0 Å². The fourth-order valence-corrected chi connectivity index (χ4v) is 2.49. The summed E-state index contributed by atoms with van der Waals surface area (Å²) in [5.74, 6) is 2.36. The fraction of sp³-hybridized carbons (Fsp3) is 0.385. The van der Waals surface area contributed by atoms with Gasteiger partial charge in [0.25, 0.3) is 0 Å². The maximum Gasteiger partial charge on any atom is 0.225 e. The molecule has 0 aromatic carbocycles. The molecule has 1 saturated heterocycles. The highest BCUT2D eigenvalue weighted by atomic mass is 35.5. The zero-order valence-electron chi connectivity index (χ0n) is 11.2. The number of rotatable bonds is 2. The van der Waals surface area contributed by atoms with Crippen LogP contribution in [-0.2, 0) is 0 Å². The van der Waals surface area contributed by atoms with Gasteiger partial charge in [-0.15, -0.1) is 0 Å². The van der Waals surface area contributed by atoms with Crippen LogP contribution in [0, 0.1) is 6.92 Å². The summed E-state index contributed by atoms with van der Waals surface area (Å²) < 4.78 is 0. The first-order valence-electron chi connectivity index (χ1n) is 6.50. The normalized spacial score (nSPS) is 15.5. The van der Waals surface area contributed by atoms with Crippen molar-refractivity contribution in [1.29, 1.82) is 0 Å². The first kappa shape index (κ1) is 13.1. The SMILES string of the molecule is Cc1nc(Cl)cc(N2CCN(c3ncccn3)CC2)n1. The Kier molecular flexibility index (Phi) is 3.64. The molecule has 0 saturated carbocycles. The zero-order valence-corrected chi connectivity index (χ0v) is 12.0. The number of nitrogens with zero attached hydrogens (tertiary/aromatic N) is 6. The van der Waals surface area contributed by atoms with Crippen molar-refractivity contribution in [1.82, 2.24) is 19.9 Å². The number of halogens is 1. The molecular weight excluding hydrogens is 276 g/mol. The summed E-state index contributed by atoms with van der Waals surface area (Å²) in [4.78, 5) is 21.5. The van der Waals surface area contributed by atoms with Crippen LogP contribution in [0.3, 0.4) is 0 Å².